The van der Waals surface area contributed by atoms with Crippen molar-refractivity contribution in [1.82, 2.24) is 4.98 Å². The quantitative estimate of drug-likeness (QED) is 0.778. The molecule has 1 aromatic carbocycles. The molecule has 0 atom stereocenters. The predicted octanol–water partition coefficient (Wildman–Crippen LogP) is 1.55. The number of benzene rings is 1. The molecule has 0 aliphatic heterocycles. The first-order valence-corrected chi connectivity index (χ1v) is 4.22. The summed E-state index contributed by atoms with van der Waals surface area (Å²) in [5.41, 5.74) is 6.12. The number of pyridine rings is 1. The van der Waals surface area contributed by atoms with Crippen molar-refractivity contribution in [3.8, 4) is 0 Å². The molecule has 0 amide bonds. The van der Waals surface area contributed by atoms with Gasteiger partial charge in [-0.3, -0.25) is 4.79 Å². The van der Waals surface area contributed by atoms with Crippen LogP contribution in [0.25, 0.3) is 10.9 Å². The van der Waals surface area contributed by atoms with Gasteiger partial charge in [0.2, 0.25) is 0 Å². The van der Waals surface area contributed by atoms with Crippen LogP contribution in [0.4, 0.5) is 4.39 Å². The SMILES string of the molecule is Cl.NCc1cc2ccc(F)cc2[nH]c1=O. The van der Waals surface area contributed by atoms with Crippen LogP contribution in [0.3, 0.4) is 0 Å². The molecule has 2 aromatic rings. The Morgan fingerprint density at radius 2 is 2.07 bits per heavy atom. The van der Waals surface area contributed by atoms with Gasteiger partial charge in [0.25, 0.3) is 5.56 Å². The maximum absolute atomic E-state index is 12.8. The summed E-state index contributed by atoms with van der Waals surface area (Å²) in [7, 11) is 0. The average molecular weight is 229 g/mol. The summed E-state index contributed by atoms with van der Waals surface area (Å²) < 4.78 is 12.8. The molecule has 0 spiro atoms. The first-order chi connectivity index (χ1) is 6.70. The van der Waals surface area contributed by atoms with Gasteiger partial charge in [0.15, 0.2) is 0 Å². The van der Waals surface area contributed by atoms with Gasteiger partial charge in [-0.15, -0.1) is 12.4 Å². The number of H-pyrrole nitrogens is 1. The van der Waals surface area contributed by atoms with Crippen LogP contribution in [0.2, 0.25) is 0 Å². The smallest absolute Gasteiger partial charge is 0.252 e. The zero-order chi connectivity index (χ0) is 10.1. The van der Waals surface area contributed by atoms with Crippen LogP contribution in [0.15, 0.2) is 29.1 Å². The number of hydrogen-bond acceptors (Lipinski definition) is 2. The standard InChI is InChI=1S/C10H9FN2O.ClH/c11-8-2-1-6-3-7(5-12)10(14)13-9(6)4-8;/h1-4H,5,12H2,(H,13,14);1H. The van der Waals surface area contributed by atoms with Gasteiger partial charge < -0.3 is 10.7 Å². The number of fused-ring (bicyclic) bond motifs is 1. The number of aromatic nitrogens is 1. The molecule has 1 heterocycles. The van der Waals surface area contributed by atoms with E-state index in [9.17, 15) is 9.18 Å². The monoisotopic (exact) mass is 228 g/mol. The third-order valence-electron chi connectivity index (χ3n) is 2.10. The Morgan fingerprint density at radius 1 is 1.33 bits per heavy atom. The minimum atomic E-state index is -0.367. The van der Waals surface area contributed by atoms with Crippen LogP contribution in [-0.2, 0) is 6.54 Å². The first kappa shape index (κ1) is 11.7. The molecule has 1 aromatic heterocycles. The third-order valence-corrected chi connectivity index (χ3v) is 2.10. The lowest BCUT2D eigenvalue weighted by molar-refractivity contribution is 0.629. The van der Waals surface area contributed by atoms with Gasteiger partial charge in [0.05, 0.1) is 5.52 Å². The Kier molecular flexibility index (Phi) is 3.44. The Labute approximate surface area is 91.5 Å². The molecule has 0 bridgehead atoms. The molecule has 3 N–H and O–H groups in total. The highest BCUT2D eigenvalue weighted by molar-refractivity contribution is 5.85. The number of nitrogens with one attached hydrogen (secondary N) is 1. The summed E-state index contributed by atoms with van der Waals surface area (Å²) in [4.78, 5) is 13.9. The van der Waals surface area contributed by atoms with Crippen molar-refractivity contribution in [2.24, 2.45) is 5.73 Å². The van der Waals surface area contributed by atoms with Gasteiger partial charge in [0, 0.05) is 12.1 Å². The summed E-state index contributed by atoms with van der Waals surface area (Å²) in [6.07, 6.45) is 0. The Hall–Kier alpha value is -1.39. The molecular formula is C10H10ClFN2O. The molecular weight excluding hydrogens is 219 g/mol. The minimum Gasteiger partial charge on any atom is -0.326 e. The zero-order valence-corrected chi connectivity index (χ0v) is 8.60. The van der Waals surface area contributed by atoms with Crippen molar-refractivity contribution in [1.29, 1.82) is 0 Å². The second-order valence-electron chi connectivity index (χ2n) is 3.06. The van der Waals surface area contributed by atoms with E-state index in [0.29, 0.717) is 11.1 Å². The predicted molar refractivity (Wildman–Crippen MR) is 59.7 cm³/mol. The second-order valence-corrected chi connectivity index (χ2v) is 3.06. The first-order valence-electron chi connectivity index (χ1n) is 4.22. The summed E-state index contributed by atoms with van der Waals surface area (Å²) in [6, 6.07) is 5.92. The van der Waals surface area contributed by atoms with Crippen molar-refractivity contribution >= 4 is 23.3 Å². The summed E-state index contributed by atoms with van der Waals surface area (Å²) in [5, 5.41) is 0.784. The molecule has 0 unspecified atom stereocenters. The molecule has 15 heavy (non-hydrogen) atoms. The van der Waals surface area contributed by atoms with Crippen molar-refractivity contribution in [2.75, 3.05) is 0 Å². The normalized spacial score (nSPS) is 10.0. The maximum Gasteiger partial charge on any atom is 0.252 e. The molecule has 0 saturated carbocycles. The van der Waals surface area contributed by atoms with Crippen molar-refractivity contribution in [2.45, 2.75) is 6.54 Å². The fourth-order valence-electron chi connectivity index (χ4n) is 1.37. The van der Waals surface area contributed by atoms with E-state index in [2.05, 4.69) is 4.98 Å². The minimum absolute atomic E-state index is 0. The molecule has 2 rings (SSSR count). The number of nitrogens with two attached hydrogens (primary N) is 1. The Bertz CT molecular complexity index is 538. The molecule has 3 nitrogen and oxygen atoms in total. The summed E-state index contributed by atoms with van der Waals surface area (Å²) in [5.74, 6) is -0.367. The maximum atomic E-state index is 12.8. The van der Waals surface area contributed by atoms with Gasteiger partial charge in [-0.05, 0) is 29.7 Å². The van der Waals surface area contributed by atoms with Gasteiger partial charge in [0.1, 0.15) is 5.82 Å². The van der Waals surface area contributed by atoms with Gasteiger partial charge in [-0.25, -0.2) is 4.39 Å². The van der Waals surface area contributed by atoms with E-state index in [1.807, 2.05) is 0 Å². The van der Waals surface area contributed by atoms with Crippen LogP contribution in [0, 0.1) is 5.82 Å². The topological polar surface area (TPSA) is 58.9 Å². The Balaban J connectivity index is 0.00000112. The van der Waals surface area contributed by atoms with Crippen LogP contribution in [-0.4, -0.2) is 4.98 Å². The molecule has 0 radical (unpaired) electrons. The van der Waals surface area contributed by atoms with E-state index in [0.717, 1.165) is 5.39 Å². The second kappa shape index (κ2) is 4.42. The lowest BCUT2D eigenvalue weighted by atomic mass is 10.1. The number of rotatable bonds is 1. The van der Waals surface area contributed by atoms with Crippen molar-refractivity contribution in [3.63, 3.8) is 0 Å². The molecule has 5 heteroatoms. The van der Waals surface area contributed by atoms with E-state index in [1.54, 1.807) is 12.1 Å². The van der Waals surface area contributed by atoms with Crippen molar-refractivity contribution in [3.05, 3.63) is 46.0 Å². The highest BCUT2D eigenvalue weighted by Crippen LogP contribution is 2.12. The van der Waals surface area contributed by atoms with Crippen LogP contribution < -0.4 is 11.3 Å². The van der Waals surface area contributed by atoms with Gasteiger partial charge in [-0.2, -0.15) is 0 Å². The highest BCUT2D eigenvalue weighted by Gasteiger charge is 2.01. The summed E-state index contributed by atoms with van der Waals surface area (Å²) in [6.45, 7) is 0.183. The lowest BCUT2D eigenvalue weighted by Crippen LogP contribution is -2.15. The third kappa shape index (κ3) is 2.16. The lowest BCUT2D eigenvalue weighted by Gasteiger charge is -2.00. The van der Waals surface area contributed by atoms with E-state index in [1.165, 1.54) is 12.1 Å². The van der Waals surface area contributed by atoms with Crippen LogP contribution in [0.1, 0.15) is 5.56 Å². The molecule has 80 valence electrons. The zero-order valence-electron chi connectivity index (χ0n) is 7.79. The van der Waals surface area contributed by atoms with E-state index < -0.39 is 0 Å². The molecule has 0 saturated heterocycles. The van der Waals surface area contributed by atoms with Gasteiger partial charge in [-0.1, -0.05) is 0 Å². The fourth-order valence-corrected chi connectivity index (χ4v) is 1.37. The number of hydrogen-bond donors (Lipinski definition) is 2. The average Bonchev–Trinajstić information content (AvgIpc) is 2.16. The molecule has 0 aliphatic rings. The van der Waals surface area contributed by atoms with Crippen LogP contribution in [0.5, 0.6) is 0 Å². The highest BCUT2D eigenvalue weighted by atomic mass is 35.5. The van der Waals surface area contributed by atoms with Crippen LogP contribution >= 0.6 is 12.4 Å². The molecule has 0 fully saturated rings. The van der Waals surface area contributed by atoms with Crippen molar-refractivity contribution < 1.29 is 4.39 Å². The van der Waals surface area contributed by atoms with Gasteiger partial charge >= 0.3 is 0 Å². The summed E-state index contributed by atoms with van der Waals surface area (Å²) >= 11 is 0. The number of aromatic amines is 1. The Morgan fingerprint density at radius 3 is 2.73 bits per heavy atom. The molecule has 0 aliphatic carbocycles. The fraction of sp³-hybridized carbons (Fsp3) is 0.100. The van der Waals surface area contributed by atoms with E-state index in [-0.39, 0.29) is 30.3 Å². The largest absolute Gasteiger partial charge is 0.326 e. The van der Waals surface area contributed by atoms with E-state index in [4.69, 9.17) is 5.73 Å². The van der Waals surface area contributed by atoms with E-state index >= 15 is 0 Å². The number of halogens is 2.